The number of rotatable bonds is 4. The van der Waals surface area contributed by atoms with E-state index in [1.54, 1.807) is 0 Å². The molecule has 0 fully saturated rings. The van der Waals surface area contributed by atoms with E-state index < -0.39 is 17.7 Å². The molecule has 112 valence electrons. The van der Waals surface area contributed by atoms with Gasteiger partial charge in [-0.25, -0.2) is 9.78 Å². The Morgan fingerprint density at radius 2 is 2.14 bits per heavy atom. The lowest BCUT2D eigenvalue weighted by Gasteiger charge is -2.11. The number of thiazole rings is 1. The zero-order valence-corrected chi connectivity index (χ0v) is 11.8. The van der Waals surface area contributed by atoms with Crippen LogP contribution in [-0.4, -0.2) is 16.1 Å². The van der Waals surface area contributed by atoms with Crippen LogP contribution < -0.4 is 5.32 Å². The molecular weight excluding hydrogens is 329 g/mol. The summed E-state index contributed by atoms with van der Waals surface area (Å²) in [5.74, 6) is -1.14. The fraction of sp³-hybridized carbons (Fsp3) is 0.167. The highest BCUT2D eigenvalue weighted by molar-refractivity contribution is 7.11. The van der Waals surface area contributed by atoms with Gasteiger partial charge >= 0.3 is 12.1 Å². The van der Waals surface area contributed by atoms with Crippen molar-refractivity contribution in [2.24, 2.45) is 0 Å². The summed E-state index contributed by atoms with van der Waals surface area (Å²) >= 11 is 6.46. The van der Waals surface area contributed by atoms with Crippen LogP contribution in [0.15, 0.2) is 23.6 Å². The summed E-state index contributed by atoms with van der Waals surface area (Å²) in [4.78, 5) is 14.5. The second-order valence-corrected chi connectivity index (χ2v) is 5.26. The summed E-state index contributed by atoms with van der Waals surface area (Å²) in [6.07, 6.45) is -4.54. The molecule has 0 aliphatic heterocycles. The van der Waals surface area contributed by atoms with Gasteiger partial charge in [0.2, 0.25) is 5.01 Å². The number of aromatic nitrogens is 1. The highest BCUT2D eigenvalue weighted by Gasteiger charge is 2.33. The Morgan fingerprint density at radius 3 is 2.71 bits per heavy atom. The smallest absolute Gasteiger partial charge is 0.417 e. The van der Waals surface area contributed by atoms with E-state index in [-0.39, 0.29) is 22.3 Å². The molecule has 0 atom stereocenters. The van der Waals surface area contributed by atoms with Crippen molar-refractivity contribution in [2.75, 3.05) is 5.32 Å². The first-order valence-electron chi connectivity index (χ1n) is 5.55. The molecule has 0 aliphatic carbocycles. The van der Waals surface area contributed by atoms with E-state index in [4.69, 9.17) is 16.7 Å². The van der Waals surface area contributed by atoms with Crippen molar-refractivity contribution in [2.45, 2.75) is 12.7 Å². The highest BCUT2D eigenvalue weighted by Crippen LogP contribution is 2.36. The molecule has 2 aromatic rings. The van der Waals surface area contributed by atoms with Gasteiger partial charge in [-0.05, 0) is 18.2 Å². The Morgan fingerprint density at radius 1 is 1.43 bits per heavy atom. The van der Waals surface area contributed by atoms with Crippen LogP contribution in [0, 0.1) is 0 Å². The fourth-order valence-electron chi connectivity index (χ4n) is 1.53. The minimum absolute atomic E-state index is 0.0705. The summed E-state index contributed by atoms with van der Waals surface area (Å²) in [7, 11) is 0. The Bertz CT molecular complexity index is 673. The number of nitrogens with one attached hydrogen (secondary N) is 1. The Labute approximate surface area is 126 Å². The lowest BCUT2D eigenvalue weighted by molar-refractivity contribution is -0.137. The van der Waals surface area contributed by atoms with Crippen molar-refractivity contribution in [3.8, 4) is 0 Å². The third kappa shape index (κ3) is 3.85. The molecule has 0 unspecified atom stereocenters. The van der Waals surface area contributed by atoms with Gasteiger partial charge in [0.05, 0.1) is 22.8 Å². The minimum atomic E-state index is -4.54. The SMILES string of the molecule is O=C(O)c1nc(CNc2ccc(Cl)c(C(F)(F)F)c2)cs1. The van der Waals surface area contributed by atoms with E-state index >= 15 is 0 Å². The minimum Gasteiger partial charge on any atom is -0.476 e. The molecule has 2 N–H and O–H groups in total. The second-order valence-electron chi connectivity index (χ2n) is 4.00. The topological polar surface area (TPSA) is 62.2 Å². The maximum absolute atomic E-state index is 12.7. The maximum Gasteiger partial charge on any atom is 0.417 e. The van der Waals surface area contributed by atoms with Crippen molar-refractivity contribution >= 4 is 34.6 Å². The molecule has 1 heterocycles. The van der Waals surface area contributed by atoms with Crippen molar-refractivity contribution in [3.05, 3.63) is 44.9 Å². The molecule has 2 rings (SSSR count). The van der Waals surface area contributed by atoms with Gasteiger partial charge in [-0.2, -0.15) is 13.2 Å². The third-order valence-corrected chi connectivity index (χ3v) is 3.69. The van der Waals surface area contributed by atoms with Gasteiger partial charge < -0.3 is 10.4 Å². The molecule has 4 nitrogen and oxygen atoms in total. The van der Waals surface area contributed by atoms with E-state index in [2.05, 4.69) is 10.3 Å². The van der Waals surface area contributed by atoms with Crippen LogP contribution >= 0.6 is 22.9 Å². The lowest BCUT2D eigenvalue weighted by Crippen LogP contribution is -2.08. The fourth-order valence-corrected chi connectivity index (χ4v) is 2.41. The first-order chi connectivity index (χ1) is 9.77. The second kappa shape index (κ2) is 5.90. The third-order valence-electron chi connectivity index (χ3n) is 2.48. The van der Waals surface area contributed by atoms with Gasteiger partial charge in [0.25, 0.3) is 0 Å². The van der Waals surface area contributed by atoms with Crippen LogP contribution in [0.5, 0.6) is 0 Å². The Hall–Kier alpha value is -1.80. The molecule has 21 heavy (non-hydrogen) atoms. The number of benzene rings is 1. The highest BCUT2D eigenvalue weighted by atomic mass is 35.5. The van der Waals surface area contributed by atoms with Crippen molar-refractivity contribution in [1.82, 2.24) is 4.98 Å². The van der Waals surface area contributed by atoms with Crippen LogP contribution in [0.3, 0.4) is 0 Å². The predicted molar refractivity (Wildman–Crippen MR) is 72.9 cm³/mol. The predicted octanol–water partition coefficient (Wildman–Crippen LogP) is 4.13. The number of hydrogen-bond donors (Lipinski definition) is 2. The standard InChI is InChI=1S/C12H8ClF3N2O2S/c13-9-2-1-6(3-8(9)12(14,15)16)17-4-7-5-21-10(18-7)11(19)20/h1-3,5,17H,4H2,(H,19,20). The number of aromatic carboxylic acids is 1. The molecule has 0 saturated carbocycles. The zero-order chi connectivity index (χ0) is 15.6. The van der Waals surface area contributed by atoms with Crippen molar-refractivity contribution < 1.29 is 23.1 Å². The Kier molecular flexibility index (Phi) is 4.38. The van der Waals surface area contributed by atoms with Gasteiger partial charge in [-0.1, -0.05) is 11.6 Å². The van der Waals surface area contributed by atoms with E-state index in [1.165, 1.54) is 11.4 Å². The monoisotopic (exact) mass is 336 g/mol. The summed E-state index contributed by atoms with van der Waals surface area (Å²) in [6, 6.07) is 3.45. The zero-order valence-electron chi connectivity index (χ0n) is 10.2. The number of carboxylic acid groups (broad SMARTS) is 1. The molecule has 0 bridgehead atoms. The normalized spacial score (nSPS) is 11.4. The van der Waals surface area contributed by atoms with Gasteiger partial charge in [-0.15, -0.1) is 11.3 Å². The number of anilines is 1. The van der Waals surface area contributed by atoms with Crippen molar-refractivity contribution in [1.29, 1.82) is 0 Å². The van der Waals surface area contributed by atoms with Gasteiger partial charge in [0.15, 0.2) is 0 Å². The molecule has 1 aromatic carbocycles. The van der Waals surface area contributed by atoms with Gasteiger partial charge in [0, 0.05) is 11.1 Å². The van der Waals surface area contributed by atoms with E-state index in [0.717, 1.165) is 23.5 Å². The number of nitrogens with zero attached hydrogens (tertiary/aromatic N) is 1. The van der Waals surface area contributed by atoms with E-state index in [0.29, 0.717) is 5.69 Å². The van der Waals surface area contributed by atoms with Crippen molar-refractivity contribution in [3.63, 3.8) is 0 Å². The summed E-state index contributed by atoms with van der Waals surface area (Å²) in [5, 5.41) is 12.5. The molecule has 0 spiro atoms. The summed E-state index contributed by atoms with van der Waals surface area (Å²) < 4.78 is 38.1. The Balaban J connectivity index is 2.11. The summed E-state index contributed by atoms with van der Waals surface area (Å²) in [6.45, 7) is 0.114. The van der Waals surface area contributed by atoms with Crippen LogP contribution in [0.1, 0.15) is 21.1 Å². The number of carbonyl (C=O) groups is 1. The molecule has 1 aromatic heterocycles. The van der Waals surface area contributed by atoms with Crippen LogP contribution in [0.4, 0.5) is 18.9 Å². The lowest BCUT2D eigenvalue weighted by atomic mass is 10.2. The van der Waals surface area contributed by atoms with Gasteiger partial charge in [0.1, 0.15) is 0 Å². The molecular formula is C12H8ClF3N2O2S. The number of alkyl halides is 3. The molecule has 0 radical (unpaired) electrons. The first-order valence-corrected chi connectivity index (χ1v) is 6.81. The average molecular weight is 337 g/mol. The van der Waals surface area contributed by atoms with E-state index in [9.17, 15) is 18.0 Å². The molecule has 9 heteroatoms. The van der Waals surface area contributed by atoms with Gasteiger partial charge in [-0.3, -0.25) is 0 Å². The van der Waals surface area contributed by atoms with Crippen LogP contribution in [0.2, 0.25) is 5.02 Å². The van der Waals surface area contributed by atoms with Crippen LogP contribution in [0.25, 0.3) is 0 Å². The summed E-state index contributed by atoms with van der Waals surface area (Å²) in [5.41, 5.74) is -0.281. The average Bonchev–Trinajstić information content (AvgIpc) is 2.85. The number of halogens is 4. The van der Waals surface area contributed by atoms with Crippen LogP contribution in [-0.2, 0) is 12.7 Å². The largest absolute Gasteiger partial charge is 0.476 e. The molecule has 0 saturated heterocycles. The molecule has 0 amide bonds. The quantitative estimate of drug-likeness (QED) is 0.881. The number of hydrogen-bond acceptors (Lipinski definition) is 4. The number of carboxylic acids is 1. The maximum atomic E-state index is 12.7. The first kappa shape index (κ1) is 15.6. The van der Waals surface area contributed by atoms with E-state index in [1.807, 2.05) is 0 Å². The molecule has 0 aliphatic rings.